The summed E-state index contributed by atoms with van der Waals surface area (Å²) in [5.41, 5.74) is 7.64. The Balaban J connectivity index is 1.61. The molecule has 1 aliphatic rings. The van der Waals surface area contributed by atoms with E-state index in [0.717, 1.165) is 41.7 Å². The fourth-order valence-electron chi connectivity index (χ4n) is 3.52. The van der Waals surface area contributed by atoms with Crippen molar-refractivity contribution in [3.63, 3.8) is 0 Å². The first-order chi connectivity index (χ1) is 14.0. The van der Waals surface area contributed by atoms with Crippen molar-refractivity contribution in [3.8, 4) is 0 Å². The molecule has 8 heteroatoms. The van der Waals surface area contributed by atoms with Gasteiger partial charge in [-0.2, -0.15) is 5.10 Å². The van der Waals surface area contributed by atoms with Crippen molar-refractivity contribution in [1.82, 2.24) is 9.78 Å². The van der Waals surface area contributed by atoms with Crippen LogP contribution >= 0.6 is 11.3 Å². The molecule has 0 fully saturated rings. The van der Waals surface area contributed by atoms with E-state index in [4.69, 9.17) is 5.73 Å². The molecular formula is C21H20N4O3S. The number of nitrogens with one attached hydrogen (secondary N) is 1. The third-order valence-corrected chi connectivity index (χ3v) is 6.13. The Morgan fingerprint density at radius 2 is 1.86 bits per heavy atom. The van der Waals surface area contributed by atoms with E-state index in [0.29, 0.717) is 10.6 Å². The number of amides is 2. The Kier molecular flexibility index (Phi) is 5.26. The Hall–Kier alpha value is -3.26. The van der Waals surface area contributed by atoms with Crippen LogP contribution in [0.1, 0.15) is 49.7 Å². The lowest BCUT2D eigenvalue weighted by atomic mass is 9.95. The topological polar surface area (TPSA) is 107 Å². The van der Waals surface area contributed by atoms with Crippen molar-refractivity contribution in [3.05, 3.63) is 80.1 Å². The van der Waals surface area contributed by atoms with Crippen molar-refractivity contribution in [2.75, 3.05) is 5.32 Å². The van der Waals surface area contributed by atoms with E-state index in [2.05, 4.69) is 10.4 Å². The van der Waals surface area contributed by atoms with E-state index in [1.54, 1.807) is 0 Å². The fourth-order valence-corrected chi connectivity index (χ4v) is 4.81. The molecule has 1 aromatic carbocycles. The lowest BCUT2D eigenvalue weighted by molar-refractivity contribution is 0.100. The zero-order valence-electron chi connectivity index (χ0n) is 15.7. The molecule has 7 nitrogen and oxygen atoms in total. The number of benzene rings is 1. The van der Waals surface area contributed by atoms with Gasteiger partial charge in [0, 0.05) is 10.9 Å². The lowest BCUT2D eigenvalue weighted by Gasteiger charge is -2.11. The van der Waals surface area contributed by atoms with Gasteiger partial charge < -0.3 is 11.1 Å². The highest BCUT2D eigenvalue weighted by Gasteiger charge is 2.25. The van der Waals surface area contributed by atoms with Crippen LogP contribution in [0.4, 0.5) is 5.00 Å². The van der Waals surface area contributed by atoms with Crippen molar-refractivity contribution >= 4 is 28.2 Å². The summed E-state index contributed by atoms with van der Waals surface area (Å²) in [7, 11) is 0. The molecule has 2 heterocycles. The number of aromatic nitrogens is 2. The zero-order valence-corrected chi connectivity index (χ0v) is 16.5. The zero-order chi connectivity index (χ0) is 20.4. The fraction of sp³-hybridized carbons (Fsp3) is 0.238. The summed E-state index contributed by atoms with van der Waals surface area (Å²) in [6, 6.07) is 12.1. The van der Waals surface area contributed by atoms with Gasteiger partial charge >= 0.3 is 0 Å². The second-order valence-corrected chi connectivity index (χ2v) is 8.04. The Bertz CT molecular complexity index is 1130. The molecule has 3 N–H and O–H groups in total. The van der Waals surface area contributed by atoms with Gasteiger partial charge in [-0.05, 0) is 42.9 Å². The van der Waals surface area contributed by atoms with Crippen LogP contribution in [0.3, 0.4) is 0 Å². The Labute approximate surface area is 171 Å². The molecule has 148 valence electrons. The predicted octanol–water partition coefficient (Wildman–Crippen LogP) is 2.58. The number of primary amides is 1. The molecule has 0 aliphatic heterocycles. The number of thiophene rings is 1. The second kappa shape index (κ2) is 8.00. The number of carbonyl (C=O) groups excluding carboxylic acids is 2. The van der Waals surface area contributed by atoms with Crippen molar-refractivity contribution in [1.29, 1.82) is 0 Å². The number of nitrogens with zero attached hydrogens (tertiary/aromatic N) is 2. The van der Waals surface area contributed by atoms with Gasteiger partial charge in [-0.15, -0.1) is 11.3 Å². The van der Waals surface area contributed by atoms with Crippen LogP contribution in [0.2, 0.25) is 0 Å². The van der Waals surface area contributed by atoms with Crippen LogP contribution < -0.4 is 16.6 Å². The minimum Gasteiger partial charge on any atom is -0.365 e. The molecule has 29 heavy (non-hydrogen) atoms. The average Bonchev–Trinajstić information content (AvgIpc) is 3.08. The monoisotopic (exact) mass is 408 g/mol. The number of hydrogen-bond acceptors (Lipinski definition) is 5. The van der Waals surface area contributed by atoms with E-state index in [1.165, 1.54) is 28.2 Å². The first-order valence-electron chi connectivity index (χ1n) is 9.40. The van der Waals surface area contributed by atoms with Crippen molar-refractivity contribution < 1.29 is 9.59 Å². The first kappa shape index (κ1) is 19.1. The maximum Gasteiger partial charge on any atom is 0.276 e. The van der Waals surface area contributed by atoms with Gasteiger partial charge in [0.1, 0.15) is 10.7 Å². The third kappa shape index (κ3) is 3.97. The summed E-state index contributed by atoms with van der Waals surface area (Å²) in [5.74, 6) is -1.02. The number of anilines is 1. The summed E-state index contributed by atoms with van der Waals surface area (Å²) in [6.45, 7) is 0.265. The molecule has 0 saturated heterocycles. The second-order valence-electron chi connectivity index (χ2n) is 6.93. The van der Waals surface area contributed by atoms with Crippen LogP contribution in [0.15, 0.2) is 47.3 Å². The number of fused-ring (bicyclic) bond motifs is 1. The predicted molar refractivity (Wildman–Crippen MR) is 111 cm³/mol. The lowest BCUT2D eigenvalue weighted by Crippen LogP contribution is -2.27. The number of hydrogen-bond donors (Lipinski definition) is 2. The molecule has 0 bridgehead atoms. The minimum absolute atomic E-state index is 0.0994. The highest BCUT2D eigenvalue weighted by molar-refractivity contribution is 7.17. The molecule has 0 saturated carbocycles. The number of nitrogens with two attached hydrogens (primary N) is 1. The van der Waals surface area contributed by atoms with Gasteiger partial charge in [-0.3, -0.25) is 14.4 Å². The van der Waals surface area contributed by atoms with Gasteiger partial charge in [0.15, 0.2) is 0 Å². The van der Waals surface area contributed by atoms with Gasteiger partial charge in [-0.1, -0.05) is 30.3 Å². The standard InChI is InChI=1S/C21H20N4O3S/c22-19(27)18-14-8-4-5-9-16(14)29-21(18)23-20(28)15-10-11-17(26)25(24-15)12-13-6-2-1-3-7-13/h1-3,6-7,10-11H,4-5,8-9,12H2,(H2,22,27)(H,23,28). The molecule has 2 aromatic heterocycles. The van der Waals surface area contributed by atoms with Crippen molar-refractivity contribution in [2.45, 2.75) is 32.2 Å². The maximum absolute atomic E-state index is 12.8. The van der Waals surface area contributed by atoms with E-state index in [1.807, 2.05) is 30.3 Å². The quantitative estimate of drug-likeness (QED) is 0.676. The minimum atomic E-state index is -0.540. The van der Waals surface area contributed by atoms with E-state index < -0.39 is 11.8 Å². The third-order valence-electron chi connectivity index (χ3n) is 4.92. The molecule has 1 aliphatic carbocycles. The normalized spacial score (nSPS) is 13.0. The maximum atomic E-state index is 12.8. The molecule has 3 aromatic rings. The molecule has 0 unspecified atom stereocenters. The Morgan fingerprint density at radius 1 is 1.10 bits per heavy atom. The summed E-state index contributed by atoms with van der Waals surface area (Å²) in [4.78, 5) is 38.0. The van der Waals surface area contributed by atoms with Gasteiger partial charge in [0.2, 0.25) is 0 Å². The molecule has 2 amide bonds. The molecule has 0 radical (unpaired) electrons. The van der Waals surface area contributed by atoms with Crippen LogP contribution in [0.5, 0.6) is 0 Å². The highest BCUT2D eigenvalue weighted by Crippen LogP contribution is 2.38. The summed E-state index contributed by atoms with van der Waals surface area (Å²) < 4.78 is 1.25. The first-order valence-corrected chi connectivity index (χ1v) is 10.2. The smallest absolute Gasteiger partial charge is 0.276 e. The van der Waals surface area contributed by atoms with Crippen LogP contribution in [0, 0.1) is 0 Å². The molecule has 4 rings (SSSR count). The van der Waals surface area contributed by atoms with Gasteiger partial charge in [-0.25, -0.2) is 4.68 Å². The SMILES string of the molecule is NC(=O)c1c(NC(=O)c2ccc(=O)n(Cc3ccccc3)n2)sc2c1CCCC2. The summed E-state index contributed by atoms with van der Waals surface area (Å²) in [6.07, 6.45) is 3.74. The average molecular weight is 408 g/mol. The van der Waals surface area contributed by atoms with Gasteiger partial charge in [0.25, 0.3) is 17.4 Å². The van der Waals surface area contributed by atoms with E-state index in [-0.39, 0.29) is 17.8 Å². The molecule has 0 atom stereocenters. The van der Waals surface area contributed by atoms with Crippen LogP contribution in [0.25, 0.3) is 0 Å². The van der Waals surface area contributed by atoms with Gasteiger partial charge in [0.05, 0.1) is 12.1 Å². The number of carbonyl (C=O) groups is 2. The Morgan fingerprint density at radius 3 is 2.62 bits per heavy atom. The number of rotatable bonds is 5. The summed E-state index contributed by atoms with van der Waals surface area (Å²) in [5, 5.41) is 7.43. The highest BCUT2D eigenvalue weighted by atomic mass is 32.1. The molecular weight excluding hydrogens is 388 g/mol. The van der Waals surface area contributed by atoms with Crippen LogP contribution in [-0.2, 0) is 19.4 Å². The van der Waals surface area contributed by atoms with E-state index >= 15 is 0 Å². The summed E-state index contributed by atoms with van der Waals surface area (Å²) >= 11 is 1.39. The largest absolute Gasteiger partial charge is 0.365 e. The number of aryl methyl sites for hydroxylation is 1. The van der Waals surface area contributed by atoms with Crippen molar-refractivity contribution in [2.24, 2.45) is 5.73 Å². The molecule has 0 spiro atoms. The van der Waals surface area contributed by atoms with E-state index in [9.17, 15) is 14.4 Å². The van der Waals surface area contributed by atoms with Crippen LogP contribution in [-0.4, -0.2) is 21.6 Å².